The van der Waals surface area contributed by atoms with Crippen molar-refractivity contribution in [2.75, 3.05) is 12.4 Å². The van der Waals surface area contributed by atoms with Gasteiger partial charge >= 0.3 is 5.97 Å². The fraction of sp³-hybridized carbons (Fsp3) is 0.320. The molecule has 1 atom stereocenters. The van der Waals surface area contributed by atoms with Crippen molar-refractivity contribution in [3.8, 4) is 23.1 Å². The zero-order chi connectivity index (χ0) is 27.3. The molecular formula is C25H30N4O7S. The highest BCUT2D eigenvalue weighted by Gasteiger charge is 2.27. The molecule has 0 unspecified atom stereocenters. The molecular weight excluding hydrogens is 500 g/mol. The number of aromatic carboxylic acids is 1. The van der Waals surface area contributed by atoms with Crippen molar-refractivity contribution in [1.82, 2.24) is 14.5 Å². The molecule has 37 heavy (non-hydrogen) atoms. The second-order valence-electron chi connectivity index (χ2n) is 8.29. The van der Waals surface area contributed by atoms with Crippen LogP contribution in [0.15, 0.2) is 47.4 Å². The summed E-state index contributed by atoms with van der Waals surface area (Å²) in [6, 6.07) is 10.5. The number of carboxylic acid groups (broad SMARTS) is 1. The molecule has 3 aromatic rings. The number of aromatic nitrogens is 2. The van der Waals surface area contributed by atoms with Gasteiger partial charge in [0.1, 0.15) is 16.4 Å². The quantitative estimate of drug-likeness (QED) is 0.335. The van der Waals surface area contributed by atoms with E-state index in [-0.39, 0.29) is 51.8 Å². The SMILES string of the molecule is CCC(=O)Nc1ccc(Oc2c(C)c(C(=O)O)nn2-c2ccc(OC)cc2)c(S(=O)(=O)N[C@@H](C)CC)c1. The van der Waals surface area contributed by atoms with Crippen LogP contribution in [0.4, 0.5) is 5.69 Å². The van der Waals surface area contributed by atoms with Crippen molar-refractivity contribution < 1.29 is 32.6 Å². The number of rotatable bonds is 11. The molecule has 198 valence electrons. The Hall–Kier alpha value is -3.90. The van der Waals surface area contributed by atoms with Gasteiger partial charge in [0.25, 0.3) is 0 Å². The van der Waals surface area contributed by atoms with Gasteiger partial charge in [-0.25, -0.2) is 17.9 Å². The van der Waals surface area contributed by atoms with Crippen LogP contribution in [0.3, 0.4) is 0 Å². The molecule has 0 radical (unpaired) electrons. The molecule has 0 saturated carbocycles. The summed E-state index contributed by atoms with van der Waals surface area (Å²) in [5, 5.41) is 16.5. The number of nitrogens with zero attached hydrogens (tertiary/aromatic N) is 2. The third kappa shape index (κ3) is 6.27. The minimum atomic E-state index is -4.09. The second-order valence-corrected chi connectivity index (χ2v) is 9.97. The summed E-state index contributed by atoms with van der Waals surface area (Å²) < 4.78 is 41.7. The van der Waals surface area contributed by atoms with Crippen LogP contribution in [0, 0.1) is 6.92 Å². The van der Waals surface area contributed by atoms with E-state index in [1.54, 1.807) is 38.1 Å². The highest BCUT2D eigenvalue weighted by atomic mass is 32.2. The average Bonchev–Trinajstić information content (AvgIpc) is 3.20. The van der Waals surface area contributed by atoms with Gasteiger partial charge in [0.2, 0.25) is 21.8 Å². The van der Waals surface area contributed by atoms with Crippen molar-refractivity contribution in [1.29, 1.82) is 0 Å². The molecule has 0 bridgehead atoms. The molecule has 0 saturated heterocycles. The smallest absolute Gasteiger partial charge is 0.356 e. The number of carboxylic acids is 1. The lowest BCUT2D eigenvalue weighted by atomic mass is 10.2. The summed E-state index contributed by atoms with van der Waals surface area (Å²) in [4.78, 5) is 23.5. The minimum absolute atomic E-state index is 0.0212. The predicted molar refractivity (Wildman–Crippen MR) is 137 cm³/mol. The minimum Gasteiger partial charge on any atom is -0.497 e. The highest BCUT2D eigenvalue weighted by molar-refractivity contribution is 7.89. The molecule has 1 aromatic heterocycles. The molecule has 11 nitrogen and oxygen atoms in total. The van der Waals surface area contributed by atoms with E-state index in [0.717, 1.165) is 0 Å². The first-order chi connectivity index (χ1) is 17.5. The zero-order valence-electron chi connectivity index (χ0n) is 21.2. The average molecular weight is 531 g/mol. The third-order valence-electron chi connectivity index (χ3n) is 5.60. The Morgan fingerprint density at radius 2 is 1.81 bits per heavy atom. The molecule has 0 aliphatic rings. The number of benzene rings is 2. The maximum Gasteiger partial charge on any atom is 0.356 e. The lowest BCUT2D eigenvalue weighted by Gasteiger charge is -2.17. The van der Waals surface area contributed by atoms with Crippen LogP contribution in [0.5, 0.6) is 17.4 Å². The van der Waals surface area contributed by atoms with Gasteiger partial charge in [-0.1, -0.05) is 13.8 Å². The van der Waals surface area contributed by atoms with E-state index >= 15 is 0 Å². The zero-order valence-corrected chi connectivity index (χ0v) is 22.0. The van der Waals surface area contributed by atoms with Crippen LogP contribution in [0.1, 0.15) is 49.7 Å². The van der Waals surface area contributed by atoms with Crippen LogP contribution in [-0.2, 0) is 14.8 Å². The Morgan fingerprint density at radius 3 is 2.38 bits per heavy atom. The summed E-state index contributed by atoms with van der Waals surface area (Å²) in [6.07, 6.45) is 0.761. The Labute approximate surface area is 215 Å². The molecule has 3 N–H and O–H groups in total. The number of amides is 1. The van der Waals surface area contributed by atoms with Gasteiger partial charge in [0, 0.05) is 23.7 Å². The topological polar surface area (TPSA) is 149 Å². The normalized spacial score (nSPS) is 12.1. The third-order valence-corrected chi connectivity index (χ3v) is 7.21. The first-order valence-corrected chi connectivity index (χ1v) is 13.1. The largest absolute Gasteiger partial charge is 0.497 e. The molecule has 1 heterocycles. The molecule has 0 fully saturated rings. The highest BCUT2D eigenvalue weighted by Crippen LogP contribution is 2.35. The van der Waals surface area contributed by atoms with Crippen molar-refractivity contribution in [3.63, 3.8) is 0 Å². The fourth-order valence-electron chi connectivity index (χ4n) is 3.35. The van der Waals surface area contributed by atoms with Gasteiger partial charge in [-0.2, -0.15) is 9.78 Å². The van der Waals surface area contributed by atoms with E-state index in [1.165, 1.54) is 36.9 Å². The Balaban J connectivity index is 2.17. The molecule has 0 aliphatic carbocycles. The first-order valence-electron chi connectivity index (χ1n) is 11.6. The molecule has 0 aliphatic heterocycles. The number of nitrogens with one attached hydrogen (secondary N) is 2. The van der Waals surface area contributed by atoms with E-state index in [2.05, 4.69) is 15.1 Å². The van der Waals surface area contributed by atoms with Crippen molar-refractivity contribution in [3.05, 3.63) is 53.7 Å². The number of methoxy groups -OCH3 is 1. The van der Waals surface area contributed by atoms with Crippen molar-refractivity contribution in [2.45, 2.75) is 51.5 Å². The molecule has 1 amide bonds. The predicted octanol–water partition coefficient (Wildman–Crippen LogP) is 4.11. The Bertz CT molecular complexity index is 1400. The summed E-state index contributed by atoms with van der Waals surface area (Å²) in [5.41, 5.74) is 0.695. The number of anilines is 1. The summed E-state index contributed by atoms with van der Waals surface area (Å²) in [5.74, 6) is -1.01. The van der Waals surface area contributed by atoms with Crippen LogP contribution >= 0.6 is 0 Å². The summed E-state index contributed by atoms with van der Waals surface area (Å²) >= 11 is 0. The number of hydrogen-bond donors (Lipinski definition) is 3. The van der Waals surface area contributed by atoms with Gasteiger partial charge in [-0.3, -0.25) is 4.79 Å². The van der Waals surface area contributed by atoms with E-state index in [4.69, 9.17) is 9.47 Å². The second kappa shape index (κ2) is 11.4. The molecule has 2 aromatic carbocycles. The van der Waals surface area contributed by atoms with Crippen LogP contribution < -0.4 is 19.5 Å². The lowest BCUT2D eigenvalue weighted by Crippen LogP contribution is -2.32. The van der Waals surface area contributed by atoms with Crippen molar-refractivity contribution in [2.24, 2.45) is 0 Å². The fourth-order valence-corrected chi connectivity index (χ4v) is 4.83. The Morgan fingerprint density at radius 1 is 1.14 bits per heavy atom. The monoisotopic (exact) mass is 530 g/mol. The number of hydrogen-bond acceptors (Lipinski definition) is 7. The van der Waals surface area contributed by atoms with Gasteiger partial charge in [0.15, 0.2) is 5.69 Å². The maximum absolute atomic E-state index is 13.3. The van der Waals surface area contributed by atoms with Gasteiger partial charge < -0.3 is 19.9 Å². The number of ether oxygens (including phenoxy) is 2. The number of carbonyl (C=O) groups excluding carboxylic acids is 1. The molecule has 12 heteroatoms. The van der Waals surface area contributed by atoms with E-state index in [9.17, 15) is 23.1 Å². The maximum atomic E-state index is 13.3. The summed E-state index contributed by atoms with van der Waals surface area (Å²) in [7, 11) is -2.57. The molecule has 0 spiro atoms. The van der Waals surface area contributed by atoms with Crippen molar-refractivity contribution >= 4 is 27.6 Å². The van der Waals surface area contributed by atoms with E-state index in [1.807, 2.05) is 6.92 Å². The first kappa shape index (κ1) is 27.7. The lowest BCUT2D eigenvalue weighted by molar-refractivity contribution is -0.115. The van der Waals surface area contributed by atoms with Crippen LogP contribution in [0.2, 0.25) is 0 Å². The summed E-state index contributed by atoms with van der Waals surface area (Å²) in [6.45, 7) is 6.76. The van der Waals surface area contributed by atoms with Crippen LogP contribution in [-0.4, -0.2) is 48.3 Å². The van der Waals surface area contributed by atoms with Crippen LogP contribution in [0.25, 0.3) is 5.69 Å². The number of carbonyl (C=O) groups is 2. The number of sulfonamides is 1. The van der Waals surface area contributed by atoms with Gasteiger partial charge in [-0.05, 0) is 62.7 Å². The molecule has 3 rings (SSSR count). The standard InChI is InChI=1S/C25H30N4O7S/c1-6-15(3)28-37(33,34)21-14-17(26-22(30)7-2)8-13-20(21)36-24-16(4)23(25(31)32)27-29(24)18-9-11-19(35-5)12-10-18/h8-15,28H,6-7H2,1-5H3,(H,26,30)(H,31,32)/t15-/m0/s1. The van der Waals surface area contributed by atoms with E-state index < -0.39 is 16.0 Å². The van der Waals surface area contributed by atoms with Gasteiger partial charge in [-0.15, -0.1) is 0 Å². The van der Waals surface area contributed by atoms with Gasteiger partial charge in [0.05, 0.1) is 12.8 Å². The Kier molecular flexibility index (Phi) is 8.56. The van der Waals surface area contributed by atoms with E-state index in [0.29, 0.717) is 17.9 Å².